The Kier molecular flexibility index (Phi) is 2.85. The highest BCUT2D eigenvalue weighted by Gasteiger charge is 2.26. The summed E-state index contributed by atoms with van der Waals surface area (Å²) < 4.78 is 0. The lowest BCUT2D eigenvalue weighted by molar-refractivity contribution is 0.0460. The Hall–Kier alpha value is -1.72. The molecule has 0 bridgehead atoms. The molecule has 0 aliphatic carbocycles. The summed E-state index contributed by atoms with van der Waals surface area (Å²) in [5.74, 6) is 1.06. The van der Waals surface area contributed by atoms with Crippen LogP contribution in [0.1, 0.15) is 5.82 Å². The average molecular weight is 245 g/mol. The van der Waals surface area contributed by atoms with E-state index in [1.807, 2.05) is 18.2 Å². The molecule has 1 saturated heterocycles. The summed E-state index contributed by atoms with van der Waals surface area (Å²) in [4.78, 5) is 21.3. The van der Waals surface area contributed by atoms with E-state index in [2.05, 4.69) is 14.9 Å². The third-order valence-electron chi connectivity index (χ3n) is 3.33. The molecule has 18 heavy (non-hydrogen) atoms. The maximum Gasteiger partial charge on any atom is 0.258 e. The summed E-state index contributed by atoms with van der Waals surface area (Å²) in [6, 6.07) is 7.33. The molecule has 1 fully saturated rings. The van der Waals surface area contributed by atoms with Crippen LogP contribution >= 0.6 is 0 Å². The van der Waals surface area contributed by atoms with Crippen molar-refractivity contribution < 1.29 is 5.11 Å². The minimum atomic E-state index is -0.0881. The zero-order valence-electron chi connectivity index (χ0n) is 9.97. The van der Waals surface area contributed by atoms with Crippen molar-refractivity contribution in [3.63, 3.8) is 0 Å². The van der Waals surface area contributed by atoms with Gasteiger partial charge in [-0.3, -0.25) is 9.69 Å². The van der Waals surface area contributed by atoms with E-state index in [9.17, 15) is 4.79 Å². The molecule has 0 unspecified atom stereocenters. The number of para-hydroxylation sites is 1. The summed E-state index contributed by atoms with van der Waals surface area (Å²) >= 11 is 0. The highest BCUT2D eigenvalue weighted by molar-refractivity contribution is 5.77. The number of nitrogens with zero attached hydrogens (tertiary/aromatic N) is 2. The Bertz CT molecular complexity index is 617. The van der Waals surface area contributed by atoms with Gasteiger partial charge in [0.1, 0.15) is 5.82 Å². The second kappa shape index (κ2) is 4.51. The van der Waals surface area contributed by atoms with Crippen LogP contribution in [0.2, 0.25) is 0 Å². The fraction of sp³-hybridized carbons (Fsp3) is 0.385. The number of hydrogen-bond acceptors (Lipinski definition) is 4. The molecule has 1 aliphatic rings. The number of aliphatic hydroxyl groups excluding tert-OH is 1. The number of rotatable bonds is 3. The smallest absolute Gasteiger partial charge is 0.258 e. The number of hydrogen-bond donors (Lipinski definition) is 2. The number of H-pyrrole nitrogens is 1. The SMILES string of the molecule is O=c1[nH]c(CN2CC(CO)C2)nc2ccccc12. The molecule has 0 radical (unpaired) electrons. The molecule has 2 N–H and O–H groups in total. The minimum Gasteiger partial charge on any atom is -0.396 e. The number of aromatic nitrogens is 2. The second-order valence-corrected chi connectivity index (χ2v) is 4.77. The highest BCUT2D eigenvalue weighted by atomic mass is 16.3. The Morgan fingerprint density at radius 2 is 2.17 bits per heavy atom. The summed E-state index contributed by atoms with van der Waals surface area (Å²) in [7, 11) is 0. The molecule has 0 spiro atoms. The number of likely N-dealkylation sites (tertiary alicyclic amines) is 1. The Labute approximate surface area is 104 Å². The first-order valence-electron chi connectivity index (χ1n) is 6.07. The average Bonchev–Trinajstić information content (AvgIpc) is 2.33. The van der Waals surface area contributed by atoms with Crippen LogP contribution in [0.4, 0.5) is 0 Å². The van der Waals surface area contributed by atoms with Crippen molar-refractivity contribution in [3.8, 4) is 0 Å². The van der Waals surface area contributed by atoms with Gasteiger partial charge in [-0.05, 0) is 12.1 Å². The molecular weight excluding hydrogens is 230 g/mol. The largest absolute Gasteiger partial charge is 0.396 e. The van der Waals surface area contributed by atoms with Gasteiger partial charge in [-0.1, -0.05) is 12.1 Å². The number of benzene rings is 1. The molecule has 2 aromatic rings. The summed E-state index contributed by atoms with van der Waals surface area (Å²) in [5.41, 5.74) is 0.644. The monoisotopic (exact) mass is 245 g/mol. The van der Waals surface area contributed by atoms with Crippen LogP contribution in [0.25, 0.3) is 10.9 Å². The van der Waals surface area contributed by atoms with Crippen molar-refractivity contribution >= 4 is 10.9 Å². The van der Waals surface area contributed by atoms with Gasteiger partial charge in [-0.2, -0.15) is 0 Å². The van der Waals surface area contributed by atoms with Crippen LogP contribution in [0.5, 0.6) is 0 Å². The lowest BCUT2D eigenvalue weighted by Crippen LogP contribution is -2.47. The van der Waals surface area contributed by atoms with Crippen molar-refractivity contribution in [2.45, 2.75) is 6.54 Å². The predicted molar refractivity (Wildman–Crippen MR) is 68.2 cm³/mol. The normalized spacial score (nSPS) is 16.9. The quantitative estimate of drug-likeness (QED) is 0.818. The van der Waals surface area contributed by atoms with Crippen molar-refractivity contribution in [3.05, 3.63) is 40.4 Å². The lowest BCUT2D eigenvalue weighted by atomic mass is 10.0. The molecule has 5 nitrogen and oxygen atoms in total. The Morgan fingerprint density at radius 3 is 2.94 bits per heavy atom. The van der Waals surface area contributed by atoms with E-state index < -0.39 is 0 Å². The minimum absolute atomic E-state index is 0.0881. The first kappa shape index (κ1) is 11.4. The number of fused-ring (bicyclic) bond motifs is 1. The van der Waals surface area contributed by atoms with Crippen molar-refractivity contribution in [1.29, 1.82) is 0 Å². The van der Waals surface area contributed by atoms with Gasteiger partial charge in [-0.25, -0.2) is 4.98 Å². The van der Waals surface area contributed by atoms with Crippen LogP contribution in [0, 0.1) is 5.92 Å². The molecule has 1 aromatic heterocycles. The summed E-state index contributed by atoms with van der Waals surface area (Å²) in [6.07, 6.45) is 0. The van der Waals surface area contributed by atoms with Gasteiger partial charge in [-0.15, -0.1) is 0 Å². The second-order valence-electron chi connectivity index (χ2n) is 4.77. The van der Waals surface area contributed by atoms with Gasteiger partial charge in [0, 0.05) is 25.6 Å². The molecule has 5 heteroatoms. The topological polar surface area (TPSA) is 69.2 Å². The Balaban J connectivity index is 1.83. The molecule has 0 saturated carbocycles. The van der Waals surface area contributed by atoms with Crippen LogP contribution in [0.3, 0.4) is 0 Å². The molecule has 0 amide bonds. The zero-order chi connectivity index (χ0) is 12.5. The van der Waals surface area contributed by atoms with Crippen LogP contribution in [-0.4, -0.2) is 39.7 Å². The van der Waals surface area contributed by atoms with E-state index in [0.717, 1.165) is 18.6 Å². The third kappa shape index (κ3) is 2.02. The third-order valence-corrected chi connectivity index (χ3v) is 3.33. The fourth-order valence-electron chi connectivity index (χ4n) is 2.34. The maximum atomic E-state index is 11.9. The molecule has 1 aliphatic heterocycles. The van der Waals surface area contributed by atoms with Gasteiger partial charge in [0.2, 0.25) is 0 Å². The molecule has 2 heterocycles. The van der Waals surface area contributed by atoms with E-state index in [0.29, 0.717) is 23.7 Å². The maximum absolute atomic E-state index is 11.9. The standard InChI is InChI=1S/C13H15N3O2/c17-8-9-5-16(6-9)7-12-14-11-4-2-1-3-10(11)13(18)15-12/h1-4,9,17H,5-8H2,(H,14,15,18). The van der Waals surface area contributed by atoms with Crippen molar-refractivity contribution in [2.24, 2.45) is 5.92 Å². The molecule has 0 atom stereocenters. The zero-order valence-corrected chi connectivity index (χ0v) is 9.97. The lowest BCUT2D eigenvalue weighted by Gasteiger charge is -2.37. The first-order valence-corrected chi connectivity index (χ1v) is 6.07. The van der Waals surface area contributed by atoms with Crippen LogP contribution in [0.15, 0.2) is 29.1 Å². The Morgan fingerprint density at radius 1 is 1.39 bits per heavy atom. The van der Waals surface area contributed by atoms with E-state index in [-0.39, 0.29) is 12.2 Å². The predicted octanol–water partition coefficient (Wildman–Crippen LogP) is 0.347. The van der Waals surface area contributed by atoms with Crippen molar-refractivity contribution in [2.75, 3.05) is 19.7 Å². The first-order chi connectivity index (χ1) is 8.76. The molecular formula is C13H15N3O2. The van der Waals surface area contributed by atoms with Gasteiger partial charge < -0.3 is 10.1 Å². The van der Waals surface area contributed by atoms with E-state index >= 15 is 0 Å². The van der Waals surface area contributed by atoms with Gasteiger partial charge in [0.15, 0.2) is 0 Å². The number of aromatic amines is 1. The van der Waals surface area contributed by atoms with E-state index in [4.69, 9.17) is 5.11 Å². The fourth-order valence-corrected chi connectivity index (χ4v) is 2.34. The van der Waals surface area contributed by atoms with Crippen molar-refractivity contribution in [1.82, 2.24) is 14.9 Å². The summed E-state index contributed by atoms with van der Waals surface area (Å²) in [5, 5.41) is 9.58. The molecule has 3 rings (SSSR count). The van der Waals surface area contributed by atoms with Gasteiger partial charge >= 0.3 is 0 Å². The molecule has 94 valence electrons. The van der Waals surface area contributed by atoms with Crippen LogP contribution < -0.4 is 5.56 Å². The summed E-state index contributed by atoms with van der Waals surface area (Å²) in [6.45, 7) is 2.61. The number of aliphatic hydroxyl groups is 1. The highest BCUT2D eigenvalue weighted by Crippen LogP contribution is 2.16. The van der Waals surface area contributed by atoms with E-state index in [1.165, 1.54) is 0 Å². The van der Waals surface area contributed by atoms with Gasteiger partial charge in [0.25, 0.3) is 5.56 Å². The number of nitrogens with one attached hydrogen (secondary N) is 1. The van der Waals surface area contributed by atoms with E-state index in [1.54, 1.807) is 6.07 Å². The van der Waals surface area contributed by atoms with Gasteiger partial charge in [0.05, 0.1) is 17.4 Å². The molecule has 1 aromatic carbocycles. The van der Waals surface area contributed by atoms with Crippen LogP contribution in [-0.2, 0) is 6.54 Å².